The summed E-state index contributed by atoms with van der Waals surface area (Å²) in [4.78, 5) is 6.55. The maximum Gasteiger partial charge on any atom is 0.191 e. The van der Waals surface area contributed by atoms with Crippen molar-refractivity contribution >= 4 is 5.96 Å². The summed E-state index contributed by atoms with van der Waals surface area (Å²) in [5, 5.41) is 6.42. The molecule has 0 aliphatic rings. The van der Waals surface area contributed by atoms with Crippen molar-refractivity contribution in [3.05, 3.63) is 35.6 Å². The average Bonchev–Trinajstić information content (AvgIpc) is 2.42. The minimum Gasteiger partial charge on any atom is -0.357 e. The number of hydrogen-bond donors (Lipinski definition) is 2. The Morgan fingerprint density at radius 1 is 1.25 bits per heavy atom. The van der Waals surface area contributed by atoms with Crippen molar-refractivity contribution in [2.75, 3.05) is 33.7 Å². The van der Waals surface area contributed by atoms with Crippen molar-refractivity contribution in [3.8, 4) is 0 Å². The number of aliphatic imine (C=N–C) groups is 1. The highest BCUT2D eigenvalue weighted by atomic mass is 19.1. The summed E-state index contributed by atoms with van der Waals surface area (Å²) in [5.74, 6) is 0.522. The lowest BCUT2D eigenvalue weighted by molar-refractivity contribution is 0.399. The molecule has 0 aromatic heterocycles. The number of guanidine groups is 1. The molecule has 0 unspecified atom stereocenters. The van der Waals surface area contributed by atoms with Crippen LogP contribution in [0.5, 0.6) is 0 Å². The average molecular weight is 280 g/mol. The first kappa shape index (κ1) is 16.4. The Balaban J connectivity index is 2.48. The van der Waals surface area contributed by atoms with E-state index in [1.165, 1.54) is 6.07 Å². The lowest BCUT2D eigenvalue weighted by atomic mass is 10.2. The molecule has 0 saturated carbocycles. The van der Waals surface area contributed by atoms with Crippen molar-refractivity contribution in [2.45, 2.75) is 19.9 Å². The fourth-order valence-corrected chi connectivity index (χ4v) is 1.73. The SMILES string of the molecule is CCNC(=NCc1ccccc1F)NCCCN(C)C. The van der Waals surface area contributed by atoms with Gasteiger partial charge in [0.2, 0.25) is 0 Å². The zero-order valence-electron chi connectivity index (χ0n) is 12.6. The molecule has 1 aromatic carbocycles. The van der Waals surface area contributed by atoms with Gasteiger partial charge in [-0.3, -0.25) is 0 Å². The van der Waals surface area contributed by atoms with Gasteiger partial charge < -0.3 is 15.5 Å². The Labute approximate surface area is 121 Å². The molecule has 0 spiro atoms. The van der Waals surface area contributed by atoms with Crippen LogP contribution in [0.4, 0.5) is 4.39 Å². The fraction of sp³-hybridized carbons (Fsp3) is 0.533. The Morgan fingerprint density at radius 3 is 2.65 bits per heavy atom. The molecule has 0 heterocycles. The molecule has 0 bridgehead atoms. The highest BCUT2D eigenvalue weighted by Crippen LogP contribution is 2.07. The second kappa shape index (κ2) is 9.31. The standard InChI is InChI=1S/C15H25FN4/c1-4-17-15(18-10-7-11-20(2)3)19-12-13-8-5-6-9-14(13)16/h5-6,8-9H,4,7,10-12H2,1-3H3,(H2,17,18,19). The Kier molecular flexibility index (Phi) is 7.65. The van der Waals surface area contributed by atoms with Gasteiger partial charge in [-0.15, -0.1) is 0 Å². The van der Waals surface area contributed by atoms with Crippen molar-refractivity contribution in [1.82, 2.24) is 15.5 Å². The lowest BCUT2D eigenvalue weighted by Crippen LogP contribution is -2.38. The molecule has 112 valence electrons. The van der Waals surface area contributed by atoms with Crippen LogP contribution in [0.15, 0.2) is 29.3 Å². The smallest absolute Gasteiger partial charge is 0.191 e. The Morgan fingerprint density at radius 2 is 2.00 bits per heavy atom. The molecule has 1 aromatic rings. The molecule has 0 fully saturated rings. The van der Waals surface area contributed by atoms with E-state index in [-0.39, 0.29) is 5.82 Å². The monoisotopic (exact) mass is 280 g/mol. The molecule has 20 heavy (non-hydrogen) atoms. The van der Waals surface area contributed by atoms with Gasteiger partial charge in [-0.1, -0.05) is 18.2 Å². The van der Waals surface area contributed by atoms with Crippen molar-refractivity contribution in [3.63, 3.8) is 0 Å². The summed E-state index contributed by atoms with van der Waals surface area (Å²) in [5.41, 5.74) is 0.609. The second-order valence-electron chi connectivity index (χ2n) is 4.87. The Hall–Kier alpha value is -1.62. The highest BCUT2D eigenvalue weighted by molar-refractivity contribution is 5.79. The van der Waals surface area contributed by atoms with Gasteiger partial charge in [0.1, 0.15) is 5.82 Å². The summed E-state index contributed by atoms with van der Waals surface area (Å²) < 4.78 is 13.5. The van der Waals surface area contributed by atoms with E-state index in [0.717, 1.165) is 32.0 Å². The zero-order valence-corrected chi connectivity index (χ0v) is 12.6. The van der Waals surface area contributed by atoms with E-state index in [1.807, 2.05) is 13.0 Å². The van der Waals surface area contributed by atoms with Crippen LogP contribution < -0.4 is 10.6 Å². The number of benzene rings is 1. The number of nitrogens with zero attached hydrogens (tertiary/aromatic N) is 2. The summed E-state index contributed by atoms with van der Waals surface area (Å²) in [6.07, 6.45) is 1.04. The van der Waals surface area contributed by atoms with E-state index in [4.69, 9.17) is 0 Å². The van der Waals surface area contributed by atoms with Crippen LogP contribution >= 0.6 is 0 Å². The number of halogens is 1. The van der Waals surface area contributed by atoms with Crippen LogP contribution in [0.1, 0.15) is 18.9 Å². The largest absolute Gasteiger partial charge is 0.357 e. The van der Waals surface area contributed by atoms with Crippen molar-refractivity contribution < 1.29 is 4.39 Å². The van der Waals surface area contributed by atoms with Gasteiger partial charge in [0, 0.05) is 18.7 Å². The minimum atomic E-state index is -0.209. The van der Waals surface area contributed by atoms with Gasteiger partial charge in [0.05, 0.1) is 6.54 Å². The van der Waals surface area contributed by atoms with Gasteiger partial charge in [-0.25, -0.2) is 9.38 Å². The van der Waals surface area contributed by atoms with Gasteiger partial charge in [-0.2, -0.15) is 0 Å². The van der Waals surface area contributed by atoms with E-state index in [1.54, 1.807) is 12.1 Å². The zero-order chi connectivity index (χ0) is 14.8. The third kappa shape index (κ3) is 6.52. The first-order valence-electron chi connectivity index (χ1n) is 7.03. The summed E-state index contributed by atoms with van der Waals surface area (Å²) in [7, 11) is 4.11. The maximum absolute atomic E-state index is 13.5. The predicted octanol–water partition coefficient (Wildman–Crippen LogP) is 1.83. The molecule has 0 aliphatic heterocycles. The molecule has 0 saturated heterocycles. The topological polar surface area (TPSA) is 39.7 Å². The van der Waals surface area contributed by atoms with E-state index >= 15 is 0 Å². The van der Waals surface area contributed by atoms with Gasteiger partial charge >= 0.3 is 0 Å². The van der Waals surface area contributed by atoms with E-state index in [0.29, 0.717) is 12.1 Å². The normalized spacial score (nSPS) is 11.8. The highest BCUT2D eigenvalue weighted by Gasteiger charge is 2.01. The molecule has 0 amide bonds. The third-order valence-corrected chi connectivity index (χ3v) is 2.78. The van der Waals surface area contributed by atoms with Gasteiger partial charge in [0.15, 0.2) is 5.96 Å². The number of nitrogens with one attached hydrogen (secondary N) is 2. The van der Waals surface area contributed by atoms with Crippen LogP contribution in [0.2, 0.25) is 0 Å². The number of rotatable bonds is 7. The van der Waals surface area contributed by atoms with E-state index in [9.17, 15) is 4.39 Å². The fourth-order valence-electron chi connectivity index (χ4n) is 1.73. The maximum atomic E-state index is 13.5. The van der Waals surface area contributed by atoms with Gasteiger partial charge in [0.25, 0.3) is 0 Å². The van der Waals surface area contributed by atoms with Crippen LogP contribution in [-0.4, -0.2) is 44.6 Å². The van der Waals surface area contributed by atoms with Crippen LogP contribution in [0.25, 0.3) is 0 Å². The van der Waals surface area contributed by atoms with Gasteiger partial charge in [-0.05, 0) is 40.1 Å². The summed E-state index contributed by atoms with van der Waals surface area (Å²) in [6.45, 7) is 5.02. The molecule has 0 radical (unpaired) electrons. The molecule has 2 N–H and O–H groups in total. The second-order valence-corrected chi connectivity index (χ2v) is 4.87. The lowest BCUT2D eigenvalue weighted by Gasteiger charge is -2.13. The van der Waals surface area contributed by atoms with Crippen LogP contribution in [0, 0.1) is 5.82 Å². The first-order valence-corrected chi connectivity index (χ1v) is 7.03. The molecule has 0 aliphatic carbocycles. The molecule has 4 nitrogen and oxygen atoms in total. The van der Waals surface area contributed by atoms with E-state index in [2.05, 4.69) is 34.6 Å². The molecule has 5 heteroatoms. The molecule has 1 rings (SSSR count). The quantitative estimate of drug-likeness (QED) is 0.455. The minimum absolute atomic E-state index is 0.209. The predicted molar refractivity (Wildman–Crippen MR) is 82.4 cm³/mol. The van der Waals surface area contributed by atoms with Crippen molar-refractivity contribution in [2.24, 2.45) is 4.99 Å². The summed E-state index contributed by atoms with van der Waals surface area (Å²) in [6, 6.07) is 6.73. The third-order valence-electron chi connectivity index (χ3n) is 2.78. The van der Waals surface area contributed by atoms with E-state index < -0.39 is 0 Å². The Bertz CT molecular complexity index is 418. The van der Waals surface area contributed by atoms with Crippen LogP contribution in [0.3, 0.4) is 0 Å². The van der Waals surface area contributed by atoms with Crippen molar-refractivity contribution in [1.29, 1.82) is 0 Å². The molecular formula is C15H25FN4. The number of hydrogen-bond acceptors (Lipinski definition) is 2. The molecular weight excluding hydrogens is 255 g/mol. The summed E-state index contributed by atoms with van der Waals surface area (Å²) >= 11 is 0. The van der Waals surface area contributed by atoms with Crippen LogP contribution in [-0.2, 0) is 6.54 Å². The first-order chi connectivity index (χ1) is 9.63. The molecule has 0 atom stereocenters.